The Kier molecular flexibility index (Phi) is 3.43. The van der Waals surface area contributed by atoms with Crippen molar-refractivity contribution in [3.63, 3.8) is 0 Å². The van der Waals surface area contributed by atoms with Crippen LogP contribution in [-0.4, -0.2) is 14.4 Å². The SMILES string of the molecule is NC(=O)NS(=O)(=O)c1ccc(Cl)c(Cl)c1. The molecule has 0 saturated carbocycles. The first kappa shape index (κ1) is 12.1. The molecule has 5 nitrogen and oxygen atoms in total. The average Bonchev–Trinajstić information content (AvgIpc) is 2.07. The Labute approximate surface area is 96.2 Å². The number of primary amides is 1. The molecule has 1 rings (SSSR count). The second-order valence-corrected chi connectivity index (χ2v) is 5.04. The molecule has 0 aromatic heterocycles. The molecule has 0 atom stereocenters. The van der Waals surface area contributed by atoms with E-state index in [0.29, 0.717) is 0 Å². The molecular weight excluding hydrogens is 263 g/mol. The molecule has 0 aliphatic heterocycles. The Morgan fingerprint density at radius 2 is 1.87 bits per heavy atom. The van der Waals surface area contributed by atoms with Gasteiger partial charge in [0.2, 0.25) is 0 Å². The van der Waals surface area contributed by atoms with E-state index in [2.05, 4.69) is 0 Å². The first-order valence-corrected chi connectivity index (χ1v) is 5.84. The van der Waals surface area contributed by atoms with Crippen molar-refractivity contribution in [2.45, 2.75) is 4.90 Å². The highest BCUT2D eigenvalue weighted by atomic mass is 35.5. The van der Waals surface area contributed by atoms with Crippen LogP contribution >= 0.6 is 23.2 Å². The van der Waals surface area contributed by atoms with E-state index in [4.69, 9.17) is 28.9 Å². The predicted octanol–water partition coefficient (Wildman–Crippen LogP) is 1.35. The summed E-state index contributed by atoms with van der Waals surface area (Å²) in [7, 11) is -3.97. The van der Waals surface area contributed by atoms with Gasteiger partial charge in [-0.25, -0.2) is 17.9 Å². The van der Waals surface area contributed by atoms with Gasteiger partial charge in [-0.1, -0.05) is 23.2 Å². The minimum absolute atomic E-state index is 0.0732. The molecule has 8 heteroatoms. The molecule has 3 N–H and O–H groups in total. The Bertz CT molecular complexity index is 501. The van der Waals surface area contributed by atoms with Gasteiger partial charge in [0.1, 0.15) is 0 Å². The topological polar surface area (TPSA) is 89.3 Å². The summed E-state index contributed by atoms with van der Waals surface area (Å²) < 4.78 is 24.4. The van der Waals surface area contributed by atoms with Gasteiger partial charge < -0.3 is 5.73 Å². The maximum atomic E-state index is 11.4. The summed E-state index contributed by atoms with van der Waals surface area (Å²) in [4.78, 5) is 10.2. The number of hydrogen-bond donors (Lipinski definition) is 2. The normalized spacial score (nSPS) is 11.1. The lowest BCUT2D eigenvalue weighted by atomic mass is 10.4. The second kappa shape index (κ2) is 4.26. The van der Waals surface area contributed by atoms with Crippen LogP contribution in [0.25, 0.3) is 0 Å². The molecule has 0 aliphatic carbocycles. The molecule has 1 aromatic rings. The maximum absolute atomic E-state index is 11.4. The molecule has 0 aliphatic rings. The van der Waals surface area contributed by atoms with Gasteiger partial charge in [-0.3, -0.25) is 0 Å². The average molecular weight is 269 g/mol. The van der Waals surface area contributed by atoms with E-state index in [-0.39, 0.29) is 14.9 Å². The zero-order valence-electron chi connectivity index (χ0n) is 7.20. The Morgan fingerprint density at radius 3 is 2.33 bits per heavy atom. The van der Waals surface area contributed by atoms with Crippen LogP contribution in [0.2, 0.25) is 10.0 Å². The molecule has 0 fully saturated rings. The molecule has 0 saturated heterocycles. The van der Waals surface area contributed by atoms with Gasteiger partial charge in [0.05, 0.1) is 14.9 Å². The second-order valence-electron chi connectivity index (χ2n) is 2.55. The maximum Gasteiger partial charge on any atom is 0.326 e. The molecule has 0 bridgehead atoms. The third kappa shape index (κ3) is 2.98. The molecule has 1 aromatic carbocycles. The summed E-state index contributed by atoms with van der Waals surface area (Å²) in [5, 5.41) is 0.290. The third-order valence-electron chi connectivity index (χ3n) is 1.44. The number of hydrogen-bond acceptors (Lipinski definition) is 3. The quantitative estimate of drug-likeness (QED) is 0.849. The fourth-order valence-electron chi connectivity index (χ4n) is 0.835. The van der Waals surface area contributed by atoms with Gasteiger partial charge in [0.25, 0.3) is 10.0 Å². The smallest absolute Gasteiger partial charge is 0.326 e. The van der Waals surface area contributed by atoms with Gasteiger partial charge in [-0.15, -0.1) is 0 Å². The van der Waals surface area contributed by atoms with E-state index in [1.807, 2.05) is 0 Å². The molecule has 0 spiro atoms. The zero-order valence-corrected chi connectivity index (χ0v) is 9.53. The lowest BCUT2D eigenvalue weighted by molar-refractivity contribution is 0.253. The lowest BCUT2D eigenvalue weighted by Gasteiger charge is -2.04. The van der Waals surface area contributed by atoms with Crippen molar-refractivity contribution in [1.82, 2.24) is 4.72 Å². The van der Waals surface area contributed by atoms with Gasteiger partial charge in [0.15, 0.2) is 0 Å². The van der Waals surface area contributed by atoms with Gasteiger partial charge >= 0.3 is 6.03 Å². The highest BCUT2D eigenvalue weighted by molar-refractivity contribution is 7.90. The number of urea groups is 1. The van der Waals surface area contributed by atoms with E-state index >= 15 is 0 Å². The first-order chi connectivity index (χ1) is 6.83. The van der Waals surface area contributed by atoms with Crippen molar-refractivity contribution >= 4 is 39.3 Å². The standard InChI is InChI=1S/C7H6Cl2N2O3S/c8-5-2-1-4(3-6(5)9)15(13,14)11-7(10)12/h1-3H,(H3,10,11,12). The number of carbonyl (C=O) groups is 1. The summed E-state index contributed by atoms with van der Waals surface area (Å²) in [5.41, 5.74) is 4.70. The number of amides is 2. The number of carbonyl (C=O) groups excluding carboxylic acids is 1. The number of sulfonamides is 1. The summed E-state index contributed by atoms with van der Waals surface area (Å²) >= 11 is 11.2. The lowest BCUT2D eigenvalue weighted by Crippen LogP contribution is -2.34. The van der Waals surface area contributed by atoms with Gasteiger partial charge in [0, 0.05) is 0 Å². The first-order valence-electron chi connectivity index (χ1n) is 3.60. The molecule has 2 amide bonds. The third-order valence-corrected chi connectivity index (χ3v) is 3.52. The van der Waals surface area contributed by atoms with Crippen molar-refractivity contribution < 1.29 is 13.2 Å². The number of halogens is 2. The monoisotopic (exact) mass is 268 g/mol. The van der Waals surface area contributed by atoms with Crippen molar-refractivity contribution in [2.24, 2.45) is 5.73 Å². The number of nitrogens with one attached hydrogen (secondary N) is 1. The molecular formula is C7H6Cl2N2O3S. The Morgan fingerprint density at radius 1 is 1.27 bits per heavy atom. The van der Waals surface area contributed by atoms with Crippen molar-refractivity contribution in [1.29, 1.82) is 0 Å². The molecule has 0 unspecified atom stereocenters. The summed E-state index contributed by atoms with van der Waals surface area (Å²) in [6.45, 7) is 0. The highest BCUT2D eigenvalue weighted by Crippen LogP contribution is 2.24. The van der Waals surface area contributed by atoms with Crippen LogP contribution in [-0.2, 0) is 10.0 Å². The Hall–Kier alpha value is -0.980. The van der Waals surface area contributed by atoms with E-state index < -0.39 is 16.1 Å². The van der Waals surface area contributed by atoms with Crippen LogP contribution < -0.4 is 10.5 Å². The van der Waals surface area contributed by atoms with E-state index in [1.54, 1.807) is 4.72 Å². The van der Waals surface area contributed by atoms with E-state index in [0.717, 1.165) is 6.07 Å². The molecule has 15 heavy (non-hydrogen) atoms. The van der Waals surface area contributed by atoms with Crippen LogP contribution in [0.15, 0.2) is 23.1 Å². The van der Waals surface area contributed by atoms with Crippen LogP contribution in [0, 0.1) is 0 Å². The number of benzene rings is 1. The van der Waals surface area contributed by atoms with Crippen LogP contribution in [0.5, 0.6) is 0 Å². The van der Waals surface area contributed by atoms with Crippen LogP contribution in [0.1, 0.15) is 0 Å². The molecule has 0 radical (unpaired) electrons. The van der Waals surface area contributed by atoms with Crippen molar-refractivity contribution in [3.05, 3.63) is 28.2 Å². The van der Waals surface area contributed by atoms with Crippen molar-refractivity contribution in [2.75, 3.05) is 0 Å². The highest BCUT2D eigenvalue weighted by Gasteiger charge is 2.16. The van der Waals surface area contributed by atoms with Crippen LogP contribution in [0.3, 0.4) is 0 Å². The van der Waals surface area contributed by atoms with Gasteiger partial charge in [-0.2, -0.15) is 0 Å². The minimum Gasteiger partial charge on any atom is -0.351 e. The predicted molar refractivity (Wildman–Crippen MR) is 56.4 cm³/mol. The minimum atomic E-state index is -3.97. The fourth-order valence-corrected chi connectivity index (χ4v) is 2.10. The molecule has 0 heterocycles. The number of rotatable bonds is 2. The van der Waals surface area contributed by atoms with E-state index in [9.17, 15) is 13.2 Å². The van der Waals surface area contributed by atoms with E-state index in [1.165, 1.54) is 12.1 Å². The van der Waals surface area contributed by atoms with Gasteiger partial charge in [-0.05, 0) is 18.2 Å². The molecule has 82 valence electrons. The summed E-state index contributed by atoms with van der Waals surface area (Å²) in [6.07, 6.45) is 0. The number of nitrogens with two attached hydrogens (primary N) is 1. The Balaban J connectivity index is 3.17. The van der Waals surface area contributed by atoms with Crippen LogP contribution in [0.4, 0.5) is 4.79 Å². The zero-order chi connectivity index (χ0) is 11.6. The summed E-state index contributed by atoms with van der Waals surface area (Å²) in [6, 6.07) is 2.47. The largest absolute Gasteiger partial charge is 0.351 e. The fraction of sp³-hybridized carbons (Fsp3) is 0. The van der Waals surface area contributed by atoms with Crippen molar-refractivity contribution in [3.8, 4) is 0 Å². The summed E-state index contributed by atoms with van der Waals surface area (Å²) in [5.74, 6) is 0.